The molecule has 2 aliphatic rings. The van der Waals surface area contributed by atoms with E-state index in [4.69, 9.17) is 4.74 Å². The first-order valence-electron chi connectivity index (χ1n) is 6.63. The number of rotatable bonds is 2. The fraction of sp³-hybridized carbons (Fsp3) is 0.923. The molecule has 1 amide bonds. The number of likely N-dealkylation sites (tertiary alicyclic amines) is 1. The van der Waals surface area contributed by atoms with E-state index in [1.807, 2.05) is 0 Å². The molecule has 0 spiro atoms. The highest BCUT2D eigenvalue weighted by Gasteiger charge is 2.29. The highest BCUT2D eigenvalue weighted by molar-refractivity contribution is 5.79. The zero-order valence-corrected chi connectivity index (χ0v) is 10.3. The van der Waals surface area contributed by atoms with Crippen LogP contribution >= 0.6 is 0 Å². The van der Waals surface area contributed by atoms with E-state index < -0.39 is 0 Å². The van der Waals surface area contributed by atoms with Crippen molar-refractivity contribution < 1.29 is 9.53 Å². The van der Waals surface area contributed by atoms with Crippen molar-refractivity contribution in [3.63, 3.8) is 0 Å². The standard InChI is InChI=1S/C13H23NO2/c1-16-12-7-5-11(6-8-12)13(15)14-9-3-2-4-10-14/h11-12H,2-10H2,1H3. The van der Waals surface area contributed by atoms with E-state index in [0.29, 0.717) is 12.0 Å². The third kappa shape index (κ3) is 2.76. The Morgan fingerprint density at radius 1 is 1.06 bits per heavy atom. The SMILES string of the molecule is COC1CCC(C(=O)N2CCCCC2)CC1. The molecule has 0 atom stereocenters. The second kappa shape index (κ2) is 5.67. The van der Waals surface area contributed by atoms with Gasteiger partial charge in [0, 0.05) is 26.1 Å². The average Bonchev–Trinajstić information content (AvgIpc) is 2.39. The molecule has 0 bridgehead atoms. The number of hydrogen-bond donors (Lipinski definition) is 0. The normalized spacial score (nSPS) is 31.4. The molecule has 2 fully saturated rings. The van der Waals surface area contributed by atoms with Crippen molar-refractivity contribution in [1.29, 1.82) is 0 Å². The van der Waals surface area contributed by atoms with Gasteiger partial charge in [0.05, 0.1) is 6.10 Å². The summed E-state index contributed by atoms with van der Waals surface area (Å²) in [5.74, 6) is 0.693. The minimum absolute atomic E-state index is 0.282. The molecular weight excluding hydrogens is 202 g/mol. The van der Waals surface area contributed by atoms with Crippen LogP contribution in [0, 0.1) is 5.92 Å². The number of nitrogens with zero attached hydrogens (tertiary/aromatic N) is 1. The maximum Gasteiger partial charge on any atom is 0.225 e. The van der Waals surface area contributed by atoms with Crippen molar-refractivity contribution in [2.24, 2.45) is 5.92 Å². The lowest BCUT2D eigenvalue weighted by atomic mass is 9.86. The summed E-state index contributed by atoms with van der Waals surface area (Å²) < 4.78 is 5.34. The summed E-state index contributed by atoms with van der Waals surface area (Å²) in [6.07, 6.45) is 8.23. The van der Waals surface area contributed by atoms with Gasteiger partial charge in [-0.05, 0) is 44.9 Å². The van der Waals surface area contributed by atoms with Crippen molar-refractivity contribution >= 4 is 5.91 Å². The van der Waals surface area contributed by atoms with Crippen LogP contribution in [-0.4, -0.2) is 37.1 Å². The lowest BCUT2D eigenvalue weighted by Gasteiger charge is -2.33. The molecule has 92 valence electrons. The predicted molar refractivity (Wildman–Crippen MR) is 63.2 cm³/mol. The molecule has 0 radical (unpaired) electrons. The minimum atomic E-state index is 0.282. The number of carbonyl (C=O) groups excluding carboxylic acids is 1. The molecule has 3 nitrogen and oxygen atoms in total. The molecule has 0 aromatic heterocycles. The molecule has 2 rings (SSSR count). The number of carbonyl (C=O) groups is 1. The van der Waals surface area contributed by atoms with Crippen LogP contribution in [0.1, 0.15) is 44.9 Å². The van der Waals surface area contributed by atoms with Gasteiger partial charge in [0.25, 0.3) is 0 Å². The summed E-state index contributed by atoms with van der Waals surface area (Å²) >= 11 is 0. The van der Waals surface area contributed by atoms with Crippen LogP contribution in [-0.2, 0) is 9.53 Å². The van der Waals surface area contributed by atoms with Gasteiger partial charge in [0.15, 0.2) is 0 Å². The van der Waals surface area contributed by atoms with Crippen LogP contribution < -0.4 is 0 Å². The van der Waals surface area contributed by atoms with Crippen LogP contribution in [0.3, 0.4) is 0 Å². The largest absolute Gasteiger partial charge is 0.381 e. The number of methoxy groups -OCH3 is 1. The molecule has 1 saturated heterocycles. The van der Waals surface area contributed by atoms with Crippen LogP contribution in [0.15, 0.2) is 0 Å². The average molecular weight is 225 g/mol. The van der Waals surface area contributed by atoms with E-state index in [1.54, 1.807) is 7.11 Å². The van der Waals surface area contributed by atoms with Crippen LogP contribution in [0.4, 0.5) is 0 Å². The lowest BCUT2D eigenvalue weighted by Crippen LogP contribution is -2.41. The first-order valence-corrected chi connectivity index (χ1v) is 6.63. The van der Waals surface area contributed by atoms with Crippen molar-refractivity contribution in [3.8, 4) is 0 Å². The molecule has 1 aliphatic heterocycles. The Morgan fingerprint density at radius 3 is 2.25 bits per heavy atom. The van der Waals surface area contributed by atoms with Gasteiger partial charge in [-0.3, -0.25) is 4.79 Å². The van der Waals surface area contributed by atoms with E-state index in [-0.39, 0.29) is 5.92 Å². The first kappa shape index (κ1) is 11.9. The Morgan fingerprint density at radius 2 is 1.69 bits per heavy atom. The van der Waals surface area contributed by atoms with E-state index in [1.165, 1.54) is 19.3 Å². The first-order chi connectivity index (χ1) is 7.81. The Bertz CT molecular complexity index is 228. The molecule has 0 aromatic rings. The van der Waals surface area contributed by atoms with Crippen LogP contribution in [0.5, 0.6) is 0 Å². The summed E-state index contributed by atoms with van der Waals surface area (Å²) in [5.41, 5.74) is 0. The van der Waals surface area contributed by atoms with Crippen molar-refractivity contribution in [1.82, 2.24) is 4.90 Å². The van der Waals surface area contributed by atoms with Crippen molar-refractivity contribution in [2.75, 3.05) is 20.2 Å². The Balaban J connectivity index is 1.81. The summed E-state index contributed by atoms with van der Waals surface area (Å²) in [7, 11) is 1.78. The summed E-state index contributed by atoms with van der Waals surface area (Å²) in [6.45, 7) is 1.98. The van der Waals surface area contributed by atoms with Crippen molar-refractivity contribution in [2.45, 2.75) is 51.0 Å². The Hall–Kier alpha value is -0.570. The summed E-state index contributed by atoms with van der Waals surface area (Å²) in [5, 5.41) is 0. The topological polar surface area (TPSA) is 29.5 Å². The number of ether oxygens (including phenoxy) is 1. The number of amides is 1. The number of piperidine rings is 1. The van der Waals surface area contributed by atoms with E-state index in [0.717, 1.165) is 38.8 Å². The van der Waals surface area contributed by atoms with E-state index in [9.17, 15) is 4.79 Å². The molecular formula is C13H23NO2. The third-order valence-corrected chi connectivity index (χ3v) is 4.02. The van der Waals surface area contributed by atoms with Gasteiger partial charge in [-0.2, -0.15) is 0 Å². The summed E-state index contributed by atoms with van der Waals surface area (Å²) in [4.78, 5) is 14.3. The quantitative estimate of drug-likeness (QED) is 0.721. The van der Waals surface area contributed by atoms with Gasteiger partial charge in [-0.25, -0.2) is 0 Å². The molecule has 3 heteroatoms. The Labute approximate surface area is 98.1 Å². The predicted octanol–water partition coefficient (Wildman–Crippen LogP) is 2.20. The minimum Gasteiger partial charge on any atom is -0.381 e. The molecule has 1 heterocycles. The maximum absolute atomic E-state index is 12.2. The second-order valence-corrected chi connectivity index (χ2v) is 5.10. The highest BCUT2D eigenvalue weighted by Crippen LogP contribution is 2.28. The smallest absolute Gasteiger partial charge is 0.225 e. The zero-order chi connectivity index (χ0) is 11.4. The lowest BCUT2D eigenvalue weighted by molar-refractivity contribution is -0.138. The molecule has 1 aliphatic carbocycles. The van der Waals surface area contributed by atoms with Gasteiger partial charge in [0.2, 0.25) is 5.91 Å². The molecule has 1 saturated carbocycles. The maximum atomic E-state index is 12.2. The van der Waals surface area contributed by atoms with Crippen molar-refractivity contribution in [3.05, 3.63) is 0 Å². The molecule has 0 aromatic carbocycles. The fourth-order valence-corrected chi connectivity index (χ4v) is 2.92. The van der Waals surface area contributed by atoms with Crippen LogP contribution in [0.2, 0.25) is 0 Å². The molecule has 0 N–H and O–H groups in total. The second-order valence-electron chi connectivity index (χ2n) is 5.10. The van der Waals surface area contributed by atoms with Gasteiger partial charge in [-0.1, -0.05) is 0 Å². The van der Waals surface area contributed by atoms with Gasteiger partial charge in [0.1, 0.15) is 0 Å². The van der Waals surface area contributed by atoms with Gasteiger partial charge >= 0.3 is 0 Å². The number of hydrogen-bond acceptors (Lipinski definition) is 2. The Kier molecular flexibility index (Phi) is 4.22. The molecule has 0 unspecified atom stereocenters. The van der Waals surface area contributed by atoms with Gasteiger partial charge < -0.3 is 9.64 Å². The summed E-state index contributed by atoms with van der Waals surface area (Å²) in [6, 6.07) is 0. The monoisotopic (exact) mass is 225 g/mol. The van der Waals surface area contributed by atoms with E-state index >= 15 is 0 Å². The fourth-order valence-electron chi connectivity index (χ4n) is 2.92. The van der Waals surface area contributed by atoms with Crippen LogP contribution in [0.25, 0.3) is 0 Å². The highest BCUT2D eigenvalue weighted by atomic mass is 16.5. The zero-order valence-electron chi connectivity index (χ0n) is 10.3. The van der Waals surface area contributed by atoms with E-state index in [2.05, 4.69) is 4.90 Å². The third-order valence-electron chi connectivity index (χ3n) is 4.02. The molecule has 16 heavy (non-hydrogen) atoms. The van der Waals surface area contributed by atoms with Gasteiger partial charge in [-0.15, -0.1) is 0 Å².